The summed E-state index contributed by atoms with van der Waals surface area (Å²) in [5.41, 5.74) is 1.37. The molecule has 1 atom stereocenters. The predicted octanol–water partition coefficient (Wildman–Crippen LogP) is 1.11. The number of hydrogen-bond acceptors (Lipinski definition) is 4. The molecule has 1 aliphatic heterocycles. The number of nitrogens with zero attached hydrogens (tertiary/aromatic N) is 3. The van der Waals surface area contributed by atoms with E-state index in [1.165, 1.54) is 19.4 Å². The van der Waals surface area contributed by atoms with Gasteiger partial charge in [-0.3, -0.25) is 9.78 Å². The van der Waals surface area contributed by atoms with E-state index in [0.29, 0.717) is 18.2 Å². The van der Waals surface area contributed by atoms with Gasteiger partial charge in [0.25, 0.3) is 5.91 Å². The van der Waals surface area contributed by atoms with Gasteiger partial charge in [0.05, 0.1) is 11.9 Å². The molecule has 1 aliphatic rings. The molecule has 5 heteroatoms. The van der Waals surface area contributed by atoms with Gasteiger partial charge in [-0.05, 0) is 45.7 Å². The van der Waals surface area contributed by atoms with Crippen LogP contribution in [0.3, 0.4) is 0 Å². The molecule has 2 heterocycles. The molecule has 1 aromatic rings. The normalized spacial score (nSPS) is 20.2. The Hall–Kier alpha value is -1.49. The third-order valence-electron chi connectivity index (χ3n) is 3.50. The second-order valence-corrected chi connectivity index (χ2v) is 5.23. The molecular formula is C14H22N4O. The van der Waals surface area contributed by atoms with Crippen molar-refractivity contribution in [2.75, 3.05) is 26.7 Å². The summed E-state index contributed by atoms with van der Waals surface area (Å²) in [5, 5.41) is 2.72. The van der Waals surface area contributed by atoms with Gasteiger partial charge < -0.3 is 10.2 Å². The first-order chi connectivity index (χ1) is 9.19. The standard InChI is InChI=1S/C14H22N4O/c1-3-15-14(19)13-9-16-12(8-17-13)7-11-5-4-6-18(2)10-11/h8-9,11H,3-7,10H2,1-2H3,(H,15,19). The lowest BCUT2D eigenvalue weighted by Gasteiger charge is -2.29. The Bertz CT molecular complexity index is 418. The molecule has 0 radical (unpaired) electrons. The number of piperidine rings is 1. The van der Waals surface area contributed by atoms with Gasteiger partial charge >= 0.3 is 0 Å². The van der Waals surface area contributed by atoms with Gasteiger partial charge in [0.15, 0.2) is 0 Å². The maximum atomic E-state index is 11.6. The topological polar surface area (TPSA) is 58.1 Å². The van der Waals surface area contributed by atoms with E-state index >= 15 is 0 Å². The maximum Gasteiger partial charge on any atom is 0.271 e. The highest BCUT2D eigenvalue weighted by Gasteiger charge is 2.18. The molecule has 0 bridgehead atoms. The molecule has 1 fully saturated rings. The molecule has 2 rings (SSSR count). The minimum Gasteiger partial charge on any atom is -0.351 e. The van der Waals surface area contributed by atoms with E-state index in [1.807, 2.05) is 6.92 Å². The van der Waals surface area contributed by atoms with E-state index in [0.717, 1.165) is 18.7 Å². The first-order valence-corrected chi connectivity index (χ1v) is 6.96. The lowest BCUT2D eigenvalue weighted by Crippen LogP contribution is -2.33. The summed E-state index contributed by atoms with van der Waals surface area (Å²) in [7, 11) is 2.16. The van der Waals surface area contributed by atoms with Crippen molar-refractivity contribution in [2.24, 2.45) is 5.92 Å². The van der Waals surface area contributed by atoms with Crippen molar-refractivity contribution in [2.45, 2.75) is 26.2 Å². The predicted molar refractivity (Wildman–Crippen MR) is 74.0 cm³/mol. The highest BCUT2D eigenvalue weighted by atomic mass is 16.1. The Morgan fingerprint density at radius 1 is 1.47 bits per heavy atom. The van der Waals surface area contributed by atoms with Crippen LogP contribution in [0.5, 0.6) is 0 Å². The molecule has 1 unspecified atom stereocenters. The number of nitrogens with one attached hydrogen (secondary N) is 1. The number of aromatic nitrogens is 2. The zero-order chi connectivity index (χ0) is 13.7. The smallest absolute Gasteiger partial charge is 0.271 e. The third-order valence-corrected chi connectivity index (χ3v) is 3.50. The molecule has 1 N–H and O–H groups in total. The fourth-order valence-corrected chi connectivity index (χ4v) is 2.56. The summed E-state index contributed by atoms with van der Waals surface area (Å²) in [4.78, 5) is 22.5. The van der Waals surface area contributed by atoms with Crippen molar-refractivity contribution in [1.82, 2.24) is 20.2 Å². The van der Waals surface area contributed by atoms with E-state index in [1.54, 1.807) is 12.4 Å². The number of carbonyl (C=O) groups is 1. The van der Waals surface area contributed by atoms with Gasteiger partial charge in [0.2, 0.25) is 0 Å². The van der Waals surface area contributed by atoms with Crippen molar-refractivity contribution in [3.8, 4) is 0 Å². The number of rotatable bonds is 4. The van der Waals surface area contributed by atoms with Crippen molar-refractivity contribution in [3.63, 3.8) is 0 Å². The van der Waals surface area contributed by atoms with Gasteiger partial charge in [0, 0.05) is 19.3 Å². The molecule has 104 valence electrons. The molecular weight excluding hydrogens is 240 g/mol. The first-order valence-electron chi connectivity index (χ1n) is 6.96. The van der Waals surface area contributed by atoms with Crippen LogP contribution in [0, 0.1) is 5.92 Å². The van der Waals surface area contributed by atoms with Crippen molar-refractivity contribution >= 4 is 5.91 Å². The Labute approximate surface area is 114 Å². The van der Waals surface area contributed by atoms with Crippen LogP contribution in [0.15, 0.2) is 12.4 Å². The minimum absolute atomic E-state index is 0.154. The summed E-state index contributed by atoms with van der Waals surface area (Å²) < 4.78 is 0. The van der Waals surface area contributed by atoms with Gasteiger partial charge in [-0.1, -0.05) is 0 Å². The summed E-state index contributed by atoms with van der Waals surface area (Å²) in [6, 6.07) is 0. The van der Waals surface area contributed by atoms with E-state index in [2.05, 4.69) is 27.2 Å². The molecule has 0 aliphatic carbocycles. The SMILES string of the molecule is CCNC(=O)c1cnc(CC2CCCN(C)C2)cn1. The number of likely N-dealkylation sites (tertiary alicyclic amines) is 1. The van der Waals surface area contributed by atoms with Crippen LogP contribution >= 0.6 is 0 Å². The fraction of sp³-hybridized carbons (Fsp3) is 0.643. The molecule has 0 spiro atoms. The maximum absolute atomic E-state index is 11.6. The molecule has 19 heavy (non-hydrogen) atoms. The van der Waals surface area contributed by atoms with Crippen molar-refractivity contribution in [1.29, 1.82) is 0 Å². The third kappa shape index (κ3) is 3.99. The number of amides is 1. The zero-order valence-corrected chi connectivity index (χ0v) is 11.7. The average Bonchev–Trinajstić information content (AvgIpc) is 2.40. The van der Waals surface area contributed by atoms with Crippen molar-refractivity contribution in [3.05, 3.63) is 23.8 Å². The summed E-state index contributed by atoms with van der Waals surface area (Å²) in [6.07, 6.45) is 6.77. The van der Waals surface area contributed by atoms with Crippen molar-refractivity contribution < 1.29 is 4.79 Å². The summed E-state index contributed by atoms with van der Waals surface area (Å²) in [5.74, 6) is 0.502. The van der Waals surface area contributed by atoms with E-state index < -0.39 is 0 Å². The van der Waals surface area contributed by atoms with Crippen LogP contribution in [-0.2, 0) is 6.42 Å². The quantitative estimate of drug-likeness (QED) is 0.883. The molecule has 0 aromatic carbocycles. The number of carbonyl (C=O) groups excluding carboxylic acids is 1. The molecule has 1 aromatic heterocycles. The Morgan fingerprint density at radius 3 is 2.95 bits per heavy atom. The summed E-state index contributed by atoms with van der Waals surface area (Å²) >= 11 is 0. The van der Waals surface area contributed by atoms with Crippen LogP contribution in [0.25, 0.3) is 0 Å². The highest BCUT2D eigenvalue weighted by Crippen LogP contribution is 2.18. The second-order valence-electron chi connectivity index (χ2n) is 5.23. The van der Waals surface area contributed by atoms with Gasteiger partial charge in [0.1, 0.15) is 5.69 Å². The Morgan fingerprint density at radius 2 is 2.32 bits per heavy atom. The van der Waals surface area contributed by atoms with E-state index in [9.17, 15) is 4.79 Å². The highest BCUT2D eigenvalue weighted by molar-refractivity contribution is 5.91. The Balaban J connectivity index is 1.93. The molecule has 1 saturated heterocycles. The molecule has 1 amide bonds. The van der Waals surface area contributed by atoms with Gasteiger partial charge in [-0.25, -0.2) is 4.98 Å². The average molecular weight is 262 g/mol. The van der Waals surface area contributed by atoms with Crippen LogP contribution in [0.1, 0.15) is 35.9 Å². The van der Waals surface area contributed by atoms with E-state index in [-0.39, 0.29) is 5.91 Å². The summed E-state index contributed by atoms with van der Waals surface area (Å²) in [6.45, 7) is 4.81. The molecule has 5 nitrogen and oxygen atoms in total. The van der Waals surface area contributed by atoms with Crippen LogP contribution < -0.4 is 5.32 Å². The van der Waals surface area contributed by atoms with Crippen LogP contribution in [0.4, 0.5) is 0 Å². The Kier molecular flexibility index (Phi) is 4.85. The monoisotopic (exact) mass is 262 g/mol. The van der Waals surface area contributed by atoms with Gasteiger partial charge in [-0.15, -0.1) is 0 Å². The van der Waals surface area contributed by atoms with Gasteiger partial charge in [-0.2, -0.15) is 0 Å². The van der Waals surface area contributed by atoms with E-state index in [4.69, 9.17) is 0 Å². The first kappa shape index (κ1) is 13.9. The largest absolute Gasteiger partial charge is 0.351 e. The zero-order valence-electron chi connectivity index (χ0n) is 11.7. The second kappa shape index (κ2) is 6.61. The fourth-order valence-electron chi connectivity index (χ4n) is 2.56. The van der Waals surface area contributed by atoms with Crippen LogP contribution in [0.2, 0.25) is 0 Å². The van der Waals surface area contributed by atoms with Crippen LogP contribution in [-0.4, -0.2) is 47.5 Å². The number of hydrogen-bond donors (Lipinski definition) is 1. The lowest BCUT2D eigenvalue weighted by molar-refractivity contribution is 0.0950. The minimum atomic E-state index is -0.154. The lowest BCUT2D eigenvalue weighted by atomic mass is 9.94. The molecule has 0 saturated carbocycles.